The minimum atomic E-state index is -0.209. The molecule has 0 unspecified atom stereocenters. The molecule has 1 radical (unpaired) electrons. The summed E-state index contributed by atoms with van der Waals surface area (Å²) < 4.78 is 12.7. The van der Waals surface area contributed by atoms with Crippen molar-refractivity contribution < 1.29 is 4.39 Å². The molecule has 0 N–H and O–H groups in total. The molecule has 0 saturated carbocycles. The Bertz CT molecular complexity index is 431. The molecular formula is C13H10FS. The average molecular weight is 217 g/mol. The van der Waals surface area contributed by atoms with Gasteiger partial charge in [0.1, 0.15) is 5.82 Å². The van der Waals surface area contributed by atoms with Crippen LogP contribution in [0.15, 0.2) is 47.4 Å². The monoisotopic (exact) mass is 217 g/mol. The SMILES string of the molecule is CSc1c[c]c(-c2ccc(F)cc2)cc1. The Hall–Kier alpha value is -1.28. The quantitative estimate of drug-likeness (QED) is 0.685. The second-order valence-electron chi connectivity index (χ2n) is 3.15. The number of hydrogen-bond acceptors (Lipinski definition) is 1. The van der Waals surface area contributed by atoms with Crippen molar-refractivity contribution in [2.45, 2.75) is 4.90 Å². The molecule has 0 aliphatic rings. The third-order valence-electron chi connectivity index (χ3n) is 2.18. The van der Waals surface area contributed by atoms with Gasteiger partial charge in [0.25, 0.3) is 0 Å². The van der Waals surface area contributed by atoms with Crippen molar-refractivity contribution in [1.82, 2.24) is 0 Å². The topological polar surface area (TPSA) is 0 Å². The number of hydrogen-bond donors (Lipinski definition) is 0. The van der Waals surface area contributed by atoms with E-state index in [1.54, 1.807) is 23.9 Å². The van der Waals surface area contributed by atoms with E-state index in [0.717, 1.165) is 11.1 Å². The summed E-state index contributed by atoms with van der Waals surface area (Å²) in [5, 5.41) is 0. The van der Waals surface area contributed by atoms with Crippen LogP contribution in [0.3, 0.4) is 0 Å². The molecule has 0 aromatic heterocycles. The van der Waals surface area contributed by atoms with Crippen molar-refractivity contribution in [3.8, 4) is 11.1 Å². The van der Waals surface area contributed by atoms with Crippen LogP contribution in [0.5, 0.6) is 0 Å². The number of thioether (sulfide) groups is 1. The van der Waals surface area contributed by atoms with Crippen LogP contribution in [-0.4, -0.2) is 6.26 Å². The predicted molar refractivity (Wildman–Crippen MR) is 62.5 cm³/mol. The van der Waals surface area contributed by atoms with E-state index in [2.05, 4.69) is 6.07 Å². The molecule has 0 bridgehead atoms. The lowest BCUT2D eigenvalue weighted by Gasteiger charge is -2.01. The lowest BCUT2D eigenvalue weighted by molar-refractivity contribution is 0.628. The molecular weight excluding hydrogens is 207 g/mol. The van der Waals surface area contributed by atoms with Crippen LogP contribution >= 0.6 is 11.8 Å². The molecule has 75 valence electrons. The van der Waals surface area contributed by atoms with Crippen molar-refractivity contribution in [2.75, 3.05) is 6.26 Å². The lowest BCUT2D eigenvalue weighted by Crippen LogP contribution is -1.79. The van der Waals surface area contributed by atoms with Gasteiger partial charge in [-0.2, -0.15) is 0 Å². The molecule has 0 atom stereocenters. The van der Waals surface area contributed by atoms with Crippen molar-refractivity contribution in [2.24, 2.45) is 0 Å². The maximum Gasteiger partial charge on any atom is 0.123 e. The van der Waals surface area contributed by atoms with Gasteiger partial charge in [-0.1, -0.05) is 18.2 Å². The molecule has 2 rings (SSSR count). The van der Waals surface area contributed by atoms with Gasteiger partial charge in [0.05, 0.1) is 0 Å². The van der Waals surface area contributed by atoms with Crippen LogP contribution in [-0.2, 0) is 0 Å². The van der Waals surface area contributed by atoms with E-state index >= 15 is 0 Å². The lowest BCUT2D eigenvalue weighted by atomic mass is 10.1. The standard InChI is InChI=1S/C13H10FS/c1-15-13-8-4-11(5-9-13)10-2-6-12(14)7-3-10/h2-4,6-9H,1H3. The molecule has 2 aromatic rings. The normalized spacial score (nSPS) is 10.3. The van der Waals surface area contributed by atoms with Crippen LogP contribution in [0.2, 0.25) is 0 Å². The average Bonchev–Trinajstić information content (AvgIpc) is 2.30. The summed E-state index contributed by atoms with van der Waals surface area (Å²) in [5.41, 5.74) is 1.98. The van der Waals surface area contributed by atoms with E-state index in [4.69, 9.17) is 0 Å². The molecule has 0 fully saturated rings. The summed E-state index contributed by atoms with van der Waals surface area (Å²) in [4.78, 5) is 1.18. The zero-order valence-corrected chi connectivity index (χ0v) is 9.14. The fraction of sp³-hybridized carbons (Fsp3) is 0.0769. The third-order valence-corrected chi connectivity index (χ3v) is 2.90. The summed E-state index contributed by atoms with van der Waals surface area (Å²) in [6, 6.07) is 15.6. The zero-order chi connectivity index (χ0) is 10.7. The van der Waals surface area contributed by atoms with E-state index in [1.807, 2.05) is 24.5 Å². The second-order valence-corrected chi connectivity index (χ2v) is 4.03. The Balaban J connectivity index is 2.33. The van der Waals surface area contributed by atoms with E-state index in [-0.39, 0.29) is 5.82 Å². The second kappa shape index (κ2) is 4.49. The van der Waals surface area contributed by atoms with Gasteiger partial charge in [-0.3, -0.25) is 0 Å². The fourth-order valence-corrected chi connectivity index (χ4v) is 1.73. The maximum absolute atomic E-state index is 12.7. The first-order valence-electron chi connectivity index (χ1n) is 4.61. The smallest absolute Gasteiger partial charge is 0.123 e. The summed E-state index contributed by atoms with van der Waals surface area (Å²) in [6.07, 6.45) is 2.03. The highest BCUT2D eigenvalue weighted by Gasteiger charge is 1.98. The summed E-state index contributed by atoms with van der Waals surface area (Å²) in [7, 11) is 0. The van der Waals surface area contributed by atoms with Gasteiger partial charge < -0.3 is 0 Å². The highest BCUT2D eigenvalue weighted by Crippen LogP contribution is 2.22. The molecule has 0 aliphatic carbocycles. The molecule has 15 heavy (non-hydrogen) atoms. The Kier molecular flexibility index (Phi) is 3.07. The Morgan fingerprint density at radius 2 is 1.80 bits per heavy atom. The van der Waals surface area contributed by atoms with Crippen molar-refractivity contribution in [1.29, 1.82) is 0 Å². The van der Waals surface area contributed by atoms with Gasteiger partial charge in [0.2, 0.25) is 0 Å². The minimum Gasteiger partial charge on any atom is -0.207 e. The Morgan fingerprint density at radius 3 is 2.33 bits per heavy atom. The van der Waals surface area contributed by atoms with Gasteiger partial charge in [-0.15, -0.1) is 11.8 Å². The first kappa shape index (κ1) is 10.2. The van der Waals surface area contributed by atoms with E-state index in [0.29, 0.717) is 0 Å². The van der Waals surface area contributed by atoms with Crippen LogP contribution in [0, 0.1) is 11.9 Å². The summed E-state index contributed by atoms with van der Waals surface area (Å²) in [5.74, 6) is -0.209. The van der Waals surface area contributed by atoms with Gasteiger partial charge >= 0.3 is 0 Å². The summed E-state index contributed by atoms with van der Waals surface area (Å²) >= 11 is 1.68. The highest BCUT2D eigenvalue weighted by atomic mass is 32.2. The first-order valence-corrected chi connectivity index (χ1v) is 5.84. The molecule has 2 aromatic carbocycles. The van der Waals surface area contributed by atoms with Gasteiger partial charge in [-0.05, 0) is 47.7 Å². The molecule has 2 heteroatoms. The van der Waals surface area contributed by atoms with Crippen molar-refractivity contribution >= 4 is 11.8 Å². The first-order chi connectivity index (χ1) is 7.29. The van der Waals surface area contributed by atoms with Gasteiger partial charge in [0.15, 0.2) is 0 Å². The third kappa shape index (κ3) is 2.39. The number of benzene rings is 2. The van der Waals surface area contributed by atoms with E-state index in [1.165, 1.54) is 17.0 Å². The number of rotatable bonds is 2. The van der Waals surface area contributed by atoms with E-state index < -0.39 is 0 Å². The molecule has 0 heterocycles. The molecule has 0 saturated heterocycles. The molecule has 0 amide bonds. The van der Waals surface area contributed by atoms with Gasteiger partial charge in [-0.25, -0.2) is 4.39 Å². The highest BCUT2D eigenvalue weighted by molar-refractivity contribution is 7.98. The van der Waals surface area contributed by atoms with E-state index in [9.17, 15) is 4.39 Å². The van der Waals surface area contributed by atoms with Crippen LogP contribution in [0.1, 0.15) is 0 Å². The minimum absolute atomic E-state index is 0.209. The van der Waals surface area contributed by atoms with Crippen LogP contribution < -0.4 is 0 Å². The maximum atomic E-state index is 12.7. The fourth-order valence-electron chi connectivity index (χ4n) is 1.35. The molecule has 0 nitrogen and oxygen atoms in total. The van der Waals surface area contributed by atoms with Crippen LogP contribution in [0.25, 0.3) is 11.1 Å². The number of halogens is 1. The van der Waals surface area contributed by atoms with Crippen LogP contribution in [0.4, 0.5) is 4.39 Å². The van der Waals surface area contributed by atoms with Crippen molar-refractivity contribution in [3.63, 3.8) is 0 Å². The largest absolute Gasteiger partial charge is 0.207 e. The van der Waals surface area contributed by atoms with Crippen molar-refractivity contribution in [3.05, 3.63) is 54.3 Å². The summed E-state index contributed by atoms with van der Waals surface area (Å²) in [6.45, 7) is 0. The molecule has 0 aliphatic heterocycles. The zero-order valence-electron chi connectivity index (χ0n) is 8.33. The van der Waals surface area contributed by atoms with Gasteiger partial charge in [0, 0.05) is 4.90 Å². The Morgan fingerprint density at radius 1 is 1.07 bits per heavy atom. The Labute approximate surface area is 93.1 Å². The molecule has 0 spiro atoms. The predicted octanol–water partition coefficient (Wildman–Crippen LogP) is 4.01.